The largest absolute Gasteiger partial charge is 0.494 e. The number of hydrogen-bond acceptors (Lipinski definition) is 3. The summed E-state index contributed by atoms with van der Waals surface area (Å²) >= 11 is 0. The molecule has 1 aromatic rings. The van der Waals surface area contributed by atoms with Gasteiger partial charge < -0.3 is 15.0 Å². The molecule has 1 N–H and O–H groups in total. The number of hydrogen-bond donors (Lipinski definition) is 1. The summed E-state index contributed by atoms with van der Waals surface area (Å²) in [6.07, 6.45) is 0.434. The molecular formula is C15H23FN2O2. The van der Waals surface area contributed by atoms with Gasteiger partial charge in [-0.05, 0) is 31.2 Å². The summed E-state index contributed by atoms with van der Waals surface area (Å²) in [7, 11) is 3.15. The average Bonchev–Trinajstić information content (AvgIpc) is 2.39. The number of nitrogens with one attached hydrogen (secondary N) is 1. The number of methoxy groups -OCH3 is 1. The summed E-state index contributed by atoms with van der Waals surface area (Å²) in [5.41, 5.74) is 0.746. The van der Waals surface area contributed by atoms with Crippen LogP contribution < -0.4 is 10.1 Å². The molecule has 0 aliphatic carbocycles. The fourth-order valence-corrected chi connectivity index (χ4v) is 2.01. The molecule has 0 bridgehead atoms. The molecule has 1 unspecified atom stereocenters. The van der Waals surface area contributed by atoms with Gasteiger partial charge in [0.15, 0.2) is 11.6 Å². The highest BCUT2D eigenvalue weighted by atomic mass is 19.1. The summed E-state index contributed by atoms with van der Waals surface area (Å²) < 4.78 is 18.4. The molecule has 0 radical (unpaired) electrons. The van der Waals surface area contributed by atoms with Gasteiger partial charge in [0.25, 0.3) is 0 Å². The molecule has 5 heteroatoms. The molecular weight excluding hydrogens is 259 g/mol. The van der Waals surface area contributed by atoms with Crippen LogP contribution in [0.4, 0.5) is 4.39 Å². The number of benzene rings is 1. The Hall–Kier alpha value is -1.62. The number of rotatable bonds is 7. The second-order valence-corrected chi connectivity index (χ2v) is 4.88. The summed E-state index contributed by atoms with van der Waals surface area (Å²) in [5, 5.41) is 3.20. The third kappa shape index (κ3) is 4.81. The van der Waals surface area contributed by atoms with Crippen molar-refractivity contribution in [2.75, 3.05) is 20.7 Å². The minimum Gasteiger partial charge on any atom is -0.494 e. The molecule has 0 aromatic heterocycles. The van der Waals surface area contributed by atoms with Crippen LogP contribution in [0.25, 0.3) is 0 Å². The van der Waals surface area contributed by atoms with E-state index in [0.29, 0.717) is 13.0 Å². The molecule has 0 aliphatic heterocycles. The van der Waals surface area contributed by atoms with Crippen LogP contribution in [0.15, 0.2) is 18.2 Å². The van der Waals surface area contributed by atoms with Gasteiger partial charge in [-0.1, -0.05) is 13.0 Å². The number of halogens is 1. The normalized spacial score (nSPS) is 12.1. The van der Waals surface area contributed by atoms with E-state index in [2.05, 4.69) is 5.32 Å². The molecule has 0 saturated carbocycles. The summed E-state index contributed by atoms with van der Waals surface area (Å²) in [5.74, 6) is -0.162. The SMILES string of the molecule is CCNC(C)CC(=O)N(C)Cc1ccc(OC)c(F)c1. The van der Waals surface area contributed by atoms with Crippen LogP contribution in [-0.2, 0) is 11.3 Å². The van der Waals surface area contributed by atoms with Gasteiger partial charge in [0.05, 0.1) is 7.11 Å². The number of carbonyl (C=O) groups excluding carboxylic acids is 1. The van der Waals surface area contributed by atoms with E-state index in [-0.39, 0.29) is 17.7 Å². The first-order valence-electron chi connectivity index (χ1n) is 6.77. The molecule has 1 atom stereocenters. The molecule has 0 aliphatic rings. The van der Waals surface area contributed by atoms with Crippen LogP contribution in [0.3, 0.4) is 0 Å². The fourth-order valence-electron chi connectivity index (χ4n) is 2.01. The molecule has 4 nitrogen and oxygen atoms in total. The van der Waals surface area contributed by atoms with Crippen molar-refractivity contribution >= 4 is 5.91 Å². The van der Waals surface area contributed by atoms with E-state index in [4.69, 9.17) is 4.74 Å². The van der Waals surface area contributed by atoms with Crippen molar-refractivity contribution in [3.63, 3.8) is 0 Å². The Labute approximate surface area is 119 Å². The minimum atomic E-state index is -0.410. The monoisotopic (exact) mass is 282 g/mol. The lowest BCUT2D eigenvalue weighted by atomic mass is 10.1. The van der Waals surface area contributed by atoms with Crippen LogP contribution in [0.1, 0.15) is 25.8 Å². The van der Waals surface area contributed by atoms with E-state index in [1.54, 1.807) is 24.1 Å². The first-order valence-corrected chi connectivity index (χ1v) is 6.77. The summed E-state index contributed by atoms with van der Waals surface area (Å²) in [6.45, 7) is 5.20. The van der Waals surface area contributed by atoms with Crippen LogP contribution in [0.5, 0.6) is 5.75 Å². The third-order valence-electron chi connectivity index (χ3n) is 3.10. The van der Waals surface area contributed by atoms with E-state index >= 15 is 0 Å². The molecule has 0 spiro atoms. The molecule has 0 heterocycles. The maximum absolute atomic E-state index is 13.6. The predicted octanol–water partition coefficient (Wildman–Crippen LogP) is 2.18. The average molecular weight is 282 g/mol. The highest BCUT2D eigenvalue weighted by Gasteiger charge is 2.13. The van der Waals surface area contributed by atoms with Crippen LogP contribution in [0.2, 0.25) is 0 Å². The number of carbonyl (C=O) groups is 1. The van der Waals surface area contributed by atoms with Crippen molar-refractivity contribution in [1.82, 2.24) is 10.2 Å². The molecule has 0 saturated heterocycles. The van der Waals surface area contributed by atoms with Gasteiger partial charge in [0.1, 0.15) is 0 Å². The lowest BCUT2D eigenvalue weighted by Gasteiger charge is -2.20. The van der Waals surface area contributed by atoms with Crippen molar-refractivity contribution in [3.05, 3.63) is 29.6 Å². The van der Waals surface area contributed by atoms with Crippen LogP contribution >= 0.6 is 0 Å². The minimum absolute atomic E-state index is 0.0367. The third-order valence-corrected chi connectivity index (χ3v) is 3.10. The van der Waals surface area contributed by atoms with Gasteiger partial charge in [-0.25, -0.2) is 4.39 Å². The molecule has 1 amide bonds. The Morgan fingerprint density at radius 1 is 1.50 bits per heavy atom. The van der Waals surface area contributed by atoms with Crippen molar-refractivity contribution in [2.45, 2.75) is 32.9 Å². The first-order chi connectivity index (χ1) is 9.47. The number of ether oxygens (including phenoxy) is 1. The smallest absolute Gasteiger partial charge is 0.224 e. The summed E-state index contributed by atoms with van der Waals surface area (Å²) in [6, 6.07) is 4.88. The molecule has 112 valence electrons. The highest BCUT2D eigenvalue weighted by molar-refractivity contribution is 5.76. The molecule has 20 heavy (non-hydrogen) atoms. The van der Waals surface area contributed by atoms with Crippen molar-refractivity contribution in [2.24, 2.45) is 0 Å². The van der Waals surface area contributed by atoms with E-state index in [0.717, 1.165) is 12.1 Å². The maximum Gasteiger partial charge on any atom is 0.224 e. The lowest BCUT2D eigenvalue weighted by Crippen LogP contribution is -2.34. The zero-order chi connectivity index (χ0) is 15.1. The van der Waals surface area contributed by atoms with E-state index < -0.39 is 5.82 Å². The predicted molar refractivity (Wildman–Crippen MR) is 77.2 cm³/mol. The van der Waals surface area contributed by atoms with Gasteiger partial charge in [-0.15, -0.1) is 0 Å². The van der Waals surface area contributed by atoms with Crippen molar-refractivity contribution in [3.8, 4) is 5.75 Å². The molecule has 1 aromatic carbocycles. The van der Waals surface area contributed by atoms with E-state index in [1.807, 2.05) is 13.8 Å². The summed E-state index contributed by atoms with van der Waals surface area (Å²) in [4.78, 5) is 13.6. The topological polar surface area (TPSA) is 41.6 Å². The van der Waals surface area contributed by atoms with Crippen LogP contribution in [0, 0.1) is 5.82 Å². The Bertz CT molecular complexity index is 451. The van der Waals surface area contributed by atoms with E-state index in [9.17, 15) is 9.18 Å². The Balaban J connectivity index is 2.59. The first kappa shape index (κ1) is 16.4. The maximum atomic E-state index is 13.6. The van der Waals surface area contributed by atoms with Crippen LogP contribution in [-0.4, -0.2) is 37.6 Å². The molecule has 0 fully saturated rings. The van der Waals surface area contributed by atoms with Gasteiger partial charge in [0.2, 0.25) is 5.91 Å². The van der Waals surface area contributed by atoms with Crippen molar-refractivity contribution in [1.29, 1.82) is 0 Å². The standard InChI is InChI=1S/C15H23FN2O2/c1-5-17-11(2)8-15(19)18(3)10-12-6-7-14(20-4)13(16)9-12/h6-7,9,11,17H,5,8,10H2,1-4H3. The number of nitrogens with zero attached hydrogens (tertiary/aromatic N) is 1. The molecule has 1 rings (SSSR count). The van der Waals surface area contributed by atoms with Gasteiger partial charge in [0, 0.05) is 26.1 Å². The Kier molecular flexibility index (Phi) is 6.45. The fraction of sp³-hybridized carbons (Fsp3) is 0.533. The van der Waals surface area contributed by atoms with Gasteiger partial charge in [-0.2, -0.15) is 0 Å². The van der Waals surface area contributed by atoms with Gasteiger partial charge in [-0.3, -0.25) is 4.79 Å². The zero-order valence-electron chi connectivity index (χ0n) is 12.6. The lowest BCUT2D eigenvalue weighted by molar-refractivity contribution is -0.130. The highest BCUT2D eigenvalue weighted by Crippen LogP contribution is 2.18. The quantitative estimate of drug-likeness (QED) is 0.833. The Morgan fingerprint density at radius 2 is 2.20 bits per heavy atom. The Morgan fingerprint density at radius 3 is 2.75 bits per heavy atom. The zero-order valence-corrected chi connectivity index (χ0v) is 12.6. The second kappa shape index (κ2) is 7.85. The van der Waals surface area contributed by atoms with Crippen molar-refractivity contribution < 1.29 is 13.9 Å². The number of amides is 1. The van der Waals surface area contributed by atoms with E-state index in [1.165, 1.54) is 13.2 Å². The van der Waals surface area contributed by atoms with Gasteiger partial charge >= 0.3 is 0 Å². The second-order valence-electron chi connectivity index (χ2n) is 4.88.